The Morgan fingerprint density at radius 2 is 1.33 bits per heavy atom. The second-order valence-corrected chi connectivity index (χ2v) is 4.35. The van der Waals surface area contributed by atoms with E-state index < -0.39 is 12.0 Å². The largest absolute Gasteiger partial charge is 0.387 e. The smallest absolute Gasteiger partial charge is 0.140 e. The minimum atomic E-state index is -0.800. The standard InChI is InChI=1S/C16H16O2/c1-12(17)15(13-8-4-2-5-9-13)16(18)14-10-6-3-7-11-14/h2-11,15-16,18H,1H3. The Morgan fingerprint density at radius 3 is 1.78 bits per heavy atom. The Balaban J connectivity index is 2.35. The lowest BCUT2D eigenvalue weighted by Crippen LogP contribution is -2.18. The number of rotatable bonds is 4. The number of benzene rings is 2. The molecule has 92 valence electrons. The first-order valence-corrected chi connectivity index (χ1v) is 5.98. The van der Waals surface area contributed by atoms with Gasteiger partial charge in [-0.2, -0.15) is 0 Å². The third-order valence-corrected chi connectivity index (χ3v) is 3.05. The summed E-state index contributed by atoms with van der Waals surface area (Å²) < 4.78 is 0. The van der Waals surface area contributed by atoms with Gasteiger partial charge in [-0.25, -0.2) is 0 Å². The van der Waals surface area contributed by atoms with E-state index in [1.165, 1.54) is 6.92 Å². The van der Waals surface area contributed by atoms with Gasteiger partial charge in [-0.1, -0.05) is 60.7 Å². The van der Waals surface area contributed by atoms with Crippen molar-refractivity contribution in [2.75, 3.05) is 0 Å². The van der Waals surface area contributed by atoms with Crippen LogP contribution >= 0.6 is 0 Å². The Labute approximate surface area is 107 Å². The third kappa shape index (κ3) is 2.66. The van der Waals surface area contributed by atoms with Crippen molar-refractivity contribution in [3.8, 4) is 0 Å². The summed E-state index contributed by atoms with van der Waals surface area (Å²) in [5.74, 6) is -0.536. The van der Waals surface area contributed by atoms with Gasteiger partial charge in [0.1, 0.15) is 5.78 Å². The highest BCUT2D eigenvalue weighted by Crippen LogP contribution is 2.31. The highest BCUT2D eigenvalue weighted by Gasteiger charge is 2.26. The van der Waals surface area contributed by atoms with Crippen LogP contribution < -0.4 is 0 Å². The van der Waals surface area contributed by atoms with Gasteiger partial charge in [-0.15, -0.1) is 0 Å². The third-order valence-electron chi connectivity index (χ3n) is 3.05. The zero-order valence-corrected chi connectivity index (χ0v) is 10.3. The van der Waals surface area contributed by atoms with Crippen molar-refractivity contribution >= 4 is 5.78 Å². The lowest BCUT2D eigenvalue weighted by molar-refractivity contribution is -0.120. The number of carbonyl (C=O) groups excluding carboxylic acids is 1. The molecule has 2 aromatic carbocycles. The number of hydrogen-bond acceptors (Lipinski definition) is 2. The Hall–Kier alpha value is -1.93. The first kappa shape index (κ1) is 12.5. The van der Waals surface area contributed by atoms with Crippen LogP contribution in [0.5, 0.6) is 0 Å². The summed E-state index contributed by atoms with van der Waals surface area (Å²) in [5.41, 5.74) is 1.61. The molecular weight excluding hydrogens is 224 g/mol. The molecule has 0 saturated heterocycles. The Kier molecular flexibility index (Phi) is 3.90. The molecule has 1 N–H and O–H groups in total. The number of hydrogen-bond donors (Lipinski definition) is 1. The van der Waals surface area contributed by atoms with Crippen LogP contribution in [0.1, 0.15) is 30.1 Å². The average molecular weight is 240 g/mol. The van der Waals surface area contributed by atoms with Gasteiger partial charge in [-0.3, -0.25) is 4.79 Å². The topological polar surface area (TPSA) is 37.3 Å². The van der Waals surface area contributed by atoms with E-state index in [2.05, 4.69) is 0 Å². The van der Waals surface area contributed by atoms with Gasteiger partial charge >= 0.3 is 0 Å². The van der Waals surface area contributed by atoms with Crippen LogP contribution in [0.2, 0.25) is 0 Å². The molecule has 2 rings (SSSR count). The molecule has 0 heterocycles. The fraction of sp³-hybridized carbons (Fsp3) is 0.188. The van der Waals surface area contributed by atoms with E-state index in [1.807, 2.05) is 60.7 Å². The van der Waals surface area contributed by atoms with Crippen LogP contribution in [0.4, 0.5) is 0 Å². The van der Waals surface area contributed by atoms with E-state index in [1.54, 1.807) is 0 Å². The van der Waals surface area contributed by atoms with Gasteiger partial charge < -0.3 is 5.11 Å². The van der Waals surface area contributed by atoms with Crippen molar-refractivity contribution in [2.45, 2.75) is 18.9 Å². The molecular formula is C16H16O2. The summed E-state index contributed by atoms with van der Waals surface area (Å²) in [7, 11) is 0. The molecule has 2 atom stereocenters. The molecule has 0 aromatic heterocycles. The van der Waals surface area contributed by atoms with Crippen molar-refractivity contribution in [1.29, 1.82) is 0 Å². The number of carbonyl (C=O) groups is 1. The molecule has 0 fully saturated rings. The van der Waals surface area contributed by atoms with Crippen molar-refractivity contribution in [1.82, 2.24) is 0 Å². The minimum absolute atomic E-state index is 0.0300. The molecule has 2 aromatic rings. The Bertz CT molecular complexity index is 505. The zero-order chi connectivity index (χ0) is 13.0. The van der Waals surface area contributed by atoms with Crippen molar-refractivity contribution in [3.05, 3.63) is 71.8 Å². The maximum atomic E-state index is 11.8. The second-order valence-electron chi connectivity index (χ2n) is 4.35. The van der Waals surface area contributed by atoms with E-state index in [0.717, 1.165) is 11.1 Å². The summed E-state index contributed by atoms with van der Waals surface area (Å²) in [5, 5.41) is 10.4. The second kappa shape index (κ2) is 5.61. The van der Waals surface area contributed by atoms with Crippen LogP contribution in [0.15, 0.2) is 60.7 Å². The molecule has 0 radical (unpaired) electrons. The SMILES string of the molecule is CC(=O)C(c1ccccc1)C(O)c1ccccc1. The van der Waals surface area contributed by atoms with Crippen LogP contribution in [-0.2, 0) is 4.79 Å². The van der Waals surface area contributed by atoms with Gasteiger partial charge in [0.05, 0.1) is 12.0 Å². The summed E-state index contributed by atoms with van der Waals surface area (Å²) in [6.45, 7) is 1.52. The predicted molar refractivity (Wildman–Crippen MR) is 71.3 cm³/mol. The highest BCUT2D eigenvalue weighted by atomic mass is 16.3. The van der Waals surface area contributed by atoms with E-state index in [9.17, 15) is 9.90 Å². The van der Waals surface area contributed by atoms with Crippen LogP contribution in [0, 0.1) is 0 Å². The number of Topliss-reactive ketones (excluding diaryl/α,β-unsaturated/α-hetero) is 1. The molecule has 2 nitrogen and oxygen atoms in total. The quantitative estimate of drug-likeness (QED) is 0.891. The summed E-state index contributed by atoms with van der Waals surface area (Å²) >= 11 is 0. The molecule has 0 saturated carbocycles. The van der Waals surface area contributed by atoms with Gasteiger partial charge in [0.2, 0.25) is 0 Å². The van der Waals surface area contributed by atoms with Crippen LogP contribution in [0.3, 0.4) is 0 Å². The lowest BCUT2D eigenvalue weighted by atomic mass is 9.86. The molecule has 0 aliphatic rings. The fourth-order valence-corrected chi connectivity index (χ4v) is 2.14. The lowest BCUT2D eigenvalue weighted by Gasteiger charge is -2.21. The zero-order valence-electron chi connectivity index (χ0n) is 10.3. The Morgan fingerprint density at radius 1 is 0.889 bits per heavy atom. The molecule has 2 heteroatoms. The van der Waals surface area contributed by atoms with E-state index in [0.29, 0.717) is 0 Å². The maximum Gasteiger partial charge on any atom is 0.140 e. The summed E-state index contributed by atoms with van der Waals surface area (Å²) in [6.07, 6.45) is -0.800. The van der Waals surface area contributed by atoms with Crippen LogP contribution in [-0.4, -0.2) is 10.9 Å². The minimum Gasteiger partial charge on any atom is -0.387 e. The molecule has 0 aliphatic heterocycles. The molecule has 2 unspecified atom stereocenters. The molecule has 0 aliphatic carbocycles. The van der Waals surface area contributed by atoms with Crippen molar-refractivity contribution < 1.29 is 9.90 Å². The van der Waals surface area contributed by atoms with Gasteiger partial charge in [-0.05, 0) is 18.1 Å². The highest BCUT2D eigenvalue weighted by molar-refractivity contribution is 5.84. The van der Waals surface area contributed by atoms with Gasteiger partial charge in [0.15, 0.2) is 0 Å². The van der Waals surface area contributed by atoms with Crippen molar-refractivity contribution in [2.24, 2.45) is 0 Å². The number of aliphatic hydroxyl groups is 1. The summed E-state index contributed by atoms with van der Waals surface area (Å²) in [4.78, 5) is 11.8. The first-order chi connectivity index (χ1) is 8.70. The molecule has 0 spiro atoms. The normalized spacial score (nSPS) is 13.9. The number of ketones is 1. The van der Waals surface area contributed by atoms with Crippen LogP contribution in [0.25, 0.3) is 0 Å². The summed E-state index contributed by atoms with van der Waals surface area (Å²) in [6, 6.07) is 18.7. The van der Waals surface area contributed by atoms with Gasteiger partial charge in [0, 0.05) is 0 Å². The predicted octanol–water partition coefficient (Wildman–Crippen LogP) is 3.09. The van der Waals surface area contributed by atoms with E-state index in [4.69, 9.17) is 0 Å². The maximum absolute atomic E-state index is 11.8. The van der Waals surface area contributed by atoms with Crippen molar-refractivity contribution in [3.63, 3.8) is 0 Å². The van der Waals surface area contributed by atoms with Gasteiger partial charge in [0.25, 0.3) is 0 Å². The monoisotopic (exact) mass is 240 g/mol. The average Bonchev–Trinajstić information content (AvgIpc) is 2.40. The molecule has 0 bridgehead atoms. The first-order valence-electron chi connectivity index (χ1n) is 5.98. The van der Waals surface area contributed by atoms with E-state index >= 15 is 0 Å². The number of aliphatic hydroxyl groups excluding tert-OH is 1. The molecule has 18 heavy (non-hydrogen) atoms. The molecule has 0 amide bonds. The van der Waals surface area contributed by atoms with E-state index in [-0.39, 0.29) is 5.78 Å². The fourth-order valence-electron chi connectivity index (χ4n) is 2.14.